The molecule has 0 radical (unpaired) electrons. The highest BCUT2D eigenvalue weighted by Crippen LogP contribution is 2.28. The molecule has 0 amide bonds. The van der Waals surface area contributed by atoms with Crippen molar-refractivity contribution in [2.75, 3.05) is 33.3 Å². The number of rotatable bonds is 4. The van der Waals surface area contributed by atoms with E-state index in [1.165, 1.54) is 44.3 Å². The Hall–Kier alpha value is -1.06. The van der Waals surface area contributed by atoms with Gasteiger partial charge in [0.25, 0.3) is 0 Å². The van der Waals surface area contributed by atoms with E-state index in [1.54, 1.807) is 0 Å². The second-order valence-corrected chi connectivity index (χ2v) is 7.27. The van der Waals surface area contributed by atoms with E-state index >= 15 is 0 Å². The minimum Gasteiger partial charge on any atom is -0.493 e. The zero-order chi connectivity index (χ0) is 15.4. The van der Waals surface area contributed by atoms with Crippen molar-refractivity contribution in [2.45, 2.75) is 38.6 Å². The van der Waals surface area contributed by atoms with Crippen LogP contribution in [0.2, 0.25) is 0 Å². The summed E-state index contributed by atoms with van der Waals surface area (Å²) in [4.78, 5) is 2.41. The lowest BCUT2D eigenvalue weighted by atomic mass is 9.92. The van der Waals surface area contributed by atoms with Gasteiger partial charge in [0, 0.05) is 6.04 Å². The first-order chi connectivity index (χ1) is 10.7. The molecular weight excluding hydrogens is 272 g/mol. The number of piperidine rings is 2. The van der Waals surface area contributed by atoms with E-state index in [0.29, 0.717) is 12.0 Å². The fourth-order valence-electron chi connectivity index (χ4n) is 3.55. The second kappa shape index (κ2) is 7.47. The highest BCUT2D eigenvalue weighted by atomic mass is 16.5. The first kappa shape index (κ1) is 15.8. The molecule has 0 unspecified atom stereocenters. The zero-order valence-corrected chi connectivity index (χ0v) is 14.1. The number of hydrogen-bond acceptors (Lipinski definition) is 3. The van der Waals surface area contributed by atoms with Gasteiger partial charge in [0.2, 0.25) is 0 Å². The molecule has 0 bridgehead atoms. The van der Waals surface area contributed by atoms with Crippen molar-refractivity contribution in [3.8, 4) is 5.75 Å². The van der Waals surface area contributed by atoms with Crippen LogP contribution in [0.25, 0.3) is 0 Å². The number of nitrogens with zero attached hydrogens (tertiary/aromatic N) is 1. The molecule has 0 aliphatic carbocycles. The van der Waals surface area contributed by atoms with Crippen molar-refractivity contribution in [3.05, 3.63) is 29.8 Å². The van der Waals surface area contributed by atoms with Crippen LogP contribution in [0, 0.1) is 11.8 Å². The summed E-state index contributed by atoms with van der Waals surface area (Å²) in [5.41, 5.74) is 1.38. The van der Waals surface area contributed by atoms with Gasteiger partial charge in [-0.1, -0.05) is 19.1 Å². The Morgan fingerprint density at radius 1 is 1.18 bits per heavy atom. The maximum Gasteiger partial charge on any atom is 0.119 e. The average Bonchev–Trinajstić information content (AvgIpc) is 2.55. The van der Waals surface area contributed by atoms with Crippen molar-refractivity contribution in [2.24, 2.45) is 11.8 Å². The van der Waals surface area contributed by atoms with E-state index in [1.807, 2.05) is 0 Å². The quantitative estimate of drug-likeness (QED) is 0.922. The molecule has 1 N–H and O–H groups in total. The normalized spacial score (nSPS) is 27.7. The molecule has 2 fully saturated rings. The molecule has 3 heteroatoms. The summed E-state index contributed by atoms with van der Waals surface area (Å²) in [6.45, 7) is 6.73. The Morgan fingerprint density at radius 3 is 2.73 bits per heavy atom. The standard InChI is InChI=1S/C19H30N2O/c1-15-6-7-19(20-13-15)17-4-3-5-18(12-17)22-14-16-8-10-21(2)11-9-16/h3-5,12,15-16,19-20H,6-11,13-14H2,1-2H3/t15-,19+/m0/s1. The SMILES string of the molecule is C[C@H]1CC[C@H](c2cccc(OCC3CCN(C)CC3)c2)NC1. The van der Waals surface area contributed by atoms with E-state index in [9.17, 15) is 0 Å². The first-order valence-electron chi connectivity index (χ1n) is 8.85. The van der Waals surface area contributed by atoms with Crippen molar-refractivity contribution in [3.63, 3.8) is 0 Å². The van der Waals surface area contributed by atoms with Gasteiger partial charge in [-0.15, -0.1) is 0 Å². The molecule has 0 spiro atoms. The van der Waals surface area contributed by atoms with Gasteiger partial charge >= 0.3 is 0 Å². The van der Waals surface area contributed by atoms with Crippen LogP contribution in [0.5, 0.6) is 5.75 Å². The fourth-order valence-corrected chi connectivity index (χ4v) is 3.55. The Bertz CT molecular complexity index is 460. The van der Waals surface area contributed by atoms with Crippen LogP contribution in [0.1, 0.15) is 44.2 Å². The van der Waals surface area contributed by atoms with Crippen LogP contribution in [-0.2, 0) is 0 Å². The predicted octanol–water partition coefficient (Wildman–Crippen LogP) is 3.47. The third kappa shape index (κ3) is 4.23. The summed E-state index contributed by atoms with van der Waals surface area (Å²) in [7, 11) is 2.21. The van der Waals surface area contributed by atoms with E-state index in [0.717, 1.165) is 24.8 Å². The van der Waals surface area contributed by atoms with Crippen molar-refractivity contribution in [1.29, 1.82) is 0 Å². The topological polar surface area (TPSA) is 24.5 Å². The molecule has 3 nitrogen and oxygen atoms in total. The Kier molecular flexibility index (Phi) is 5.37. The molecule has 2 saturated heterocycles. The van der Waals surface area contributed by atoms with Gasteiger partial charge in [0.15, 0.2) is 0 Å². The fraction of sp³-hybridized carbons (Fsp3) is 0.684. The molecule has 2 heterocycles. The molecule has 0 aromatic heterocycles. The maximum absolute atomic E-state index is 6.09. The van der Waals surface area contributed by atoms with Gasteiger partial charge in [-0.2, -0.15) is 0 Å². The van der Waals surface area contributed by atoms with Gasteiger partial charge < -0.3 is 15.0 Å². The van der Waals surface area contributed by atoms with Crippen LogP contribution >= 0.6 is 0 Å². The second-order valence-electron chi connectivity index (χ2n) is 7.27. The summed E-state index contributed by atoms with van der Waals surface area (Å²) in [6.07, 6.45) is 5.08. The lowest BCUT2D eigenvalue weighted by Crippen LogP contribution is -2.32. The van der Waals surface area contributed by atoms with Gasteiger partial charge in [-0.25, -0.2) is 0 Å². The number of nitrogens with one attached hydrogen (secondary N) is 1. The summed E-state index contributed by atoms with van der Waals surface area (Å²) >= 11 is 0. The van der Waals surface area contributed by atoms with Crippen molar-refractivity contribution < 1.29 is 4.74 Å². The minimum atomic E-state index is 0.503. The monoisotopic (exact) mass is 302 g/mol. The van der Waals surface area contributed by atoms with Crippen LogP contribution < -0.4 is 10.1 Å². The first-order valence-corrected chi connectivity index (χ1v) is 8.85. The molecule has 0 saturated carbocycles. The lowest BCUT2D eigenvalue weighted by Gasteiger charge is -2.29. The molecular formula is C19H30N2O. The summed E-state index contributed by atoms with van der Waals surface area (Å²) in [6, 6.07) is 9.21. The summed E-state index contributed by atoms with van der Waals surface area (Å²) in [5.74, 6) is 2.56. The molecule has 1 aromatic rings. The summed E-state index contributed by atoms with van der Waals surface area (Å²) < 4.78 is 6.09. The number of ether oxygens (including phenoxy) is 1. The van der Waals surface area contributed by atoms with Crippen LogP contribution in [0.4, 0.5) is 0 Å². The van der Waals surface area contributed by atoms with Gasteiger partial charge in [-0.3, -0.25) is 0 Å². The molecule has 3 rings (SSSR count). The third-order valence-electron chi connectivity index (χ3n) is 5.25. The smallest absolute Gasteiger partial charge is 0.119 e. The van der Waals surface area contributed by atoms with E-state index < -0.39 is 0 Å². The number of hydrogen-bond donors (Lipinski definition) is 1. The van der Waals surface area contributed by atoms with Crippen LogP contribution in [-0.4, -0.2) is 38.2 Å². The highest BCUT2D eigenvalue weighted by molar-refractivity contribution is 5.30. The lowest BCUT2D eigenvalue weighted by molar-refractivity contribution is 0.160. The average molecular weight is 302 g/mol. The van der Waals surface area contributed by atoms with Gasteiger partial charge in [-0.05, 0) is 81.9 Å². The van der Waals surface area contributed by atoms with E-state index in [4.69, 9.17) is 4.74 Å². The maximum atomic E-state index is 6.09. The molecule has 122 valence electrons. The zero-order valence-electron chi connectivity index (χ0n) is 14.1. The molecule has 1 aromatic carbocycles. The molecule has 2 atom stereocenters. The van der Waals surface area contributed by atoms with Crippen molar-refractivity contribution >= 4 is 0 Å². The van der Waals surface area contributed by atoms with Crippen molar-refractivity contribution in [1.82, 2.24) is 10.2 Å². The Balaban J connectivity index is 1.53. The number of likely N-dealkylation sites (tertiary alicyclic amines) is 1. The van der Waals surface area contributed by atoms with E-state index in [-0.39, 0.29) is 0 Å². The Labute approximate surface area is 135 Å². The number of benzene rings is 1. The van der Waals surface area contributed by atoms with E-state index in [2.05, 4.69) is 48.5 Å². The van der Waals surface area contributed by atoms with Gasteiger partial charge in [0.1, 0.15) is 5.75 Å². The third-order valence-corrected chi connectivity index (χ3v) is 5.25. The van der Waals surface area contributed by atoms with Crippen LogP contribution in [0.3, 0.4) is 0 Å². The van der Waals surface area contributed by atoms with Crippen LogP contribution in [0.15, 0.2) is 24.3 Å². The Morgan fingerprint density at radius 2 is 2.00 bits per heavy atom. The highest BCUT2D eigenvalue weighted by Gasteiger charge is 2.20. The van der Waals surface area contributed by atoms with Gasteiger partial charge in [0.05, 0.1) is 6.61 Å². The molecule has 2 aliphatic heterocycles. The molecule has 2 aliphatic rings. The molecule has 22 heavy (non-hydrogen) atoms. The minimum absolute atomic E-state index is 0.503. The largest absolute Gasteiger partial charge is 0.493 e. The predicted molar refractivity (Wildman–Crippen MR) is 91.3 cm³/mol. The summed E-state index contributed by atoms with van der Waals surface area (Å²) in [5, 5.41) is 3.66.